The molecule has 1 aliphatic heterocycles. The Hall–Kier alpha value is -1.43. The van der Waals surface area contributed by atoms with Gasteiger partial charge in [-0.15, -0.1) is 0 Å². The first-order valence-electron chi connectivity index (χ1n) is 6.56. The molecule has 5 heteroatoms. The van der Waals surface area contributed by atoms with Gasteiger partial charge in [0.15, 0.2) is 0 Å². The maximum absolute atomic E-state index is 6.47. The van der Waals surface area contributed by atoms with Gasteiger partial charge in [0.05, 0.1) is 24.2 Å². The molecule has 0 spiro atoms. The summed E-state index contributed by atoms with van der Waals surface area (Å²) < 4.78 is 12.8. The van der Waals surface area contributed by atoms with Gasteiger partial charge < -0.3 is 19.8 Å². The number of aromatic nitrogens is 2. The van der Waals surface area contributed by atoms with E-state index in [0.717, 1.165) is 29.8 Å². The highest BCUT2D eigenvalue weighted by molar-refractivity contribution is 5.76. The zero-order chi connectivity index (χ0) is 13.3. The van der Waals surface area contributed by atoms with Crippen LogP contribution in [-0.4, -0.2) is 36.5 Å². The molecule has 2 aromatic rings. The SMILES string of the molecule is COCCn1c(C2(N)CCOC2)nc2ccccc21. The highest BCUT2D eigenvalue weighted by Crippen LogP contribution is 2.29. The van der Waals surface area contributed by atoms with Crippen LogP contribution in [0, 0.1) is 0 Å². The molecule has 19 heavy (non-hydrogen) atoms. The Kier molecular flexibility index (Phi) is 3.26. The topological polar surface area (TPSA) is 62.3 Å². The summed E-state index contributed by atoms with van der Waals surface area (Å²) in [5.41, 5.74) is 8.07. The lowest BCUT2D eigenvalue weighted by Gasteiger charge is -2.22. The van der Waals surface area contributed by atoms with Crippen LogP contribution < -0.4 is 5.73 Å². The summed E-state index contributed by atoms with van der Waals surface area (Å²) in [5.74, 6) is 0.906. The Labute approximate surface area is 112 Å². The molecule has 2 heterocycles. The first-order valence-corrected chi connectivity index (χ1v) is 6.56. The van der Waals surface area contributed by atoms with Gasteiger partial charge in [-0.2, -0.15) is 0 Å². The molecular weight excluding hydrogens is 242 g/mol. The number of methoxy groups -OCH3 is 1. The molecule has 0 bridgehead atoms. The van der Waals surface area contributed by atoms with E-state index in [0.29, 0.717) is 19.8 Å². The number of nitrogens with two attached hydrogens (primary N) is 1. The minimum Gasteiger partial charge on any atom is -0.383 e. The normalized spacial score (nSPS) is 23.3. The van der Waals surface area contributed by atoms with E-state index in [9.17, 15) is 0 Å². The van der Waals surface area contributed by atoms with Crippen molar-refractivity contribution in [2.24, 2.45) is 5.73 Å². The Morgan fingerprint density at radius 3 is 3.05 bits per heavy atom. The number of ether oxygens (including phenoxy) is 2. The summed E-state index contributed by atoms with van der Waals surface area (Å²) in [7, 11) is 1.70. The van der Waals surface area contributed by atoms with Crippen LogP contribution in [0.15, 0.2) is 24.3 Å². The van der Waals surface area contributed by atoms with E-state index in [2.05, 4.69) is 10.6 Å². The van der Waals surface area contributed by atoms with Gasteiger partial charge in [-0.05, 0) is 18.6 Å². The maximum Gasteiger partial charge on any atom is 0.132 e. The van der Waals surface area contributed by atoms with E-state index < -0.39 is 5.54 Å². The van der Waals surface area contributed by atoms with Crippen LogP contribution in [0.1, 0.15) is 12.2 Å². The van der Waals surface area contributed by atoms with Crippen LogP contribution in [0.25, 0.3) is 11.0 Å². The van der Waals surface area contributed by atoms with E-state index in [-0.39, 0.29) is 0 Å². The van der Waals surface area contributed by atoms with Crippen molar-refractivity contribution < 1.29 is 9.47 Å². The Morgan fingerprint density at radius 1 is 1.47 bits per heavy atom. The third-order valence-electron chi connectivity index (χ3n) is 3.67. The lowest BCUT2D eigenvalue weighted by molar-refractivity contribution is 0.170. The van der Waals surface area contributed by atoms with Gasteiger partial charge in [-0.25, -0.2) is 4.98 Å². The van der Waals surface area contributed by atoms with Gasteiger partial charge >= 0.3 is 0 Å². The smallest absolute Gasteiger partial charge is 0.132 e. The first kappa shape index (κ1) is 12.6. The van der Waals surface area contributed by atoms with Crippen LogP contribution in [0.5, 0.6) is 0 Å². The second kappa shape index (κ2) is 4.92. The Balaban J connectivity index is 2.11. The van der Waals surface area contributed by atoms with E-state index in [1.165, 1.54) is 0 Å². The molecule has 0 aliphatic carbocycles. The van der Waals surface area contributed by atoms with E-state index in [1.54, 1.807) is 7.11 Å². The predicted octanol–water partition coefficient (Wildman–Crippen LogP) is 1.26. The summed E-state index contributed by atoms with van der Waals surface area (Å²) in [5, 5.41) is 0. The average Bonchev–Trinajstić information content (AvgIpc) is 3.01. The van der Waals surface area contributed by atoms with Gasteiger partial charge in [0.2, 0.25) is 0 Å². The zero-order valence-electron chi connectivity index (χ0n) is 11.1. The lowest BCUT2D eigenvalue weighted by atomic mass is 9.99. The third kappa shape index (κ3) is 2.14. The molecule has 1 unspecified atom stereocenters. The van der Waals surface area contributed by atoms with Crippen LogP contribution in [0.4, 0.5) is 0 Å². The molecule has 1 fully saturated rings. The third-order valence-corrected chi connectivity index (χ3v) is 3.67. The van der Waals surface area contributed by atoms with Crippen molar-refractivity contribution in [2.75, 3.05) is 26.9 Å². The largest absolute Gasteiger partial charge is 0.383 e. The van der Waals surface area contributed by atoms with Crippen molar-refractivity contribution >= 4 is 11.0 Å². The predicted molar refractivity (Wildman–Crippen MR) is 72.9 cm³/mol. The van der Waals surface area contributed by atoms with Crippen LogP contribution in [-0.2, 0) is 21.6 Å². The average molecular weight is 261 g/mol. The summed E-state index contributed by atoms with van der Waals surface area (Å²) in [4.78, 5) is 4.72. The van der Waals surface area contributed by atoms with Crippen molar-refractivity contribution in [3.8, 4) is 0 Å². The van der Waals surface area contributed by atoms with Crippen LogP contribution in [0.3, 0.4) is 0 Å². The van der Waals surface area contributed by atoms with E-state index in [4.69, 9.17) is 20.2 Å². The first-order chi connectivity index (χ1) is 9.24. The number of imidazole rings is 1. The van der Waals surface area contributed by atoms with Crippen molar-refractivity contribution in [3.63, 3.8) is 0 Å². The molecule has 0 saturated carbocycles. The number of nitrogens with zero attached hydrogens (tertiary/aromatic N) is 2. The van der Waals surface area contributed by atoms with E-state index >= 15 is 0 Å². The van der Waals surface area contributed by atoms with Crippen molar-refractivity contribution in [3.05, 3.63) is 30.1 Å². The fourth-order valence-electron chi connectivity index (χ4n) is 2.62. The van der Waals surface area contributed by atoms with Gasteiger partial charge in [0.1, 0.15) is 11.4 Å². The number of para-hydroxylation sites is 2. The zero-order valence-corrected chi connectivity index (χ0v) is 11.1. The fourth-order valence-corrected chi connectivity index (χ4v) is 2.62. The highest BCUT2D eigenvalue weighted by atomic mass is 16.5. The molecule has 3 rings (SSSR count). The standard InChI is InChI=1S/C14H19N3O2/c1-18-9-7-17-12-5-3-2-4-11(12)16-13(17)14(15)6-8-19-10-14/h2-5H,6-10,15H2,1H3. The molecule has 102 valence electrons. The Morgan fingerprint density at radius 2 is 2.32 bits per heavy atom. The molecule has 2 N–H and O–H groups in total. The van der Waals surface area contributed by atoms with Crippen LogP contribution >= 0.6 is 0 Å². The molecule has 5 nitrogen and oxygen atoms in total. The van der Waals surface area contributed by atoms with Crippen molar-refractivity contribution in [1.82, 2.24) is 9.55 Å². The molecular formula is C14H19N3O2. The van der Waals surface area contributed by atoms with Crippen molar-refractivity contribution in [1.29, 1.82) is 0 Å². The van der Waals surface area contributed by atoms with Gasteiger partial charge in [-0.1, -0.05) is 12.1 Å². The molecule has 1 aliphatic rings. The van der Waals surface area contributed by atoms with Crippen LogP contribution in [0.2, 0.25) is 0 Å². The summed E-state index contributed by atoms with van der Waals surface area (Å²) in [6, 6.07) is 8.10. The van der Waals surface area contributed by atoms with Gasteiger partial charge in [-0.3, -0.25) is 0 Å². The second-order valence-electron chi connectivity index (χ2n) is 5.03. The fraction of sp³-hybridized carbons (Fsp3) is 0.500. The molecule has 1 atom stereocenters. The number of fused-ring (bicyclic) bond motifs is 1. The summed E-state index contributed by atoms with van der Waals surface area (Å²) in [6.45, 7) is 2.63. The molecule has 1 aromatic carbocycles. The maximum atomic E-state index is 6.47. The number of hydrogen-bond donors (Lipinski definition) is 1. The lowest BCUT2D eigenvalue weighted by Crippen LogP contribution is -2.40. The molecule has 1 aromatic heterocycles. The molecule has 0 amide bonds. The summed E-state index contributed by atoms with van der Waals surface area (Å²) in [6.07, 6.45) is 0.809. The summed E-state index contributed by atoms with van der Waals surface area (Å²) >= 11 is 0. The van der Waals surface area contributed by atoms with E-state index in [1.807, 2.05) is 18.2 Å². The van der Waals surface area contributed by atoms with Gasteiger partial charge in [0.25, 0.3) is 0 Å². The number of rotatable bonds is 4. The molecule has 0 radical (unpaired) electrons. The number of hydrogen-bond acceptors (Lipinski definition) is 4. The quantitative estimate of drug-likeness (QED) is 0.900. The Bertz CT molecular complexity index is 573. The second-order valence-corrected chi connectivity index (χ2v) is 5.03. The number of benzene rings is 1. The monoisotopic (exact) mass is 261 g/mol. The molecule has 1 saturated heterocycles. The minimum atomic E-state index is -0.479. The van der Waals surface area contributed by atoms with Crippen molar-refractivity contribution in [2.45, 2.75) is 18.5 Å². The van der Waals surface area contributed by atoms with Gasteiger partial charge in [0, 0.05) is 20.3 Å². The minimum absolute atomic E-state index is 0.479. The highest BCUT2D eigenvalue weighted by Gasteiger charge is 2.37.